The minimum Gasteiger partial charge on any atom is -0.388 e. The molecule has 0 radical (unpaired) electrons. The van der Waals surface area contributed by atoms with Crippen molar-refractivity contribution >= 4 is 5.84 Å². The fraction of sp³-hybridized carbons (Fsp3) is 0.933. The minimum atomic E-state index is 0.326. The van der Waals surface area contributed by atoms with Gasteiger partial charge in [0.2, 0.25) is 0 Å². The van der Waals surface area contributed by atoms with Gasteiger partial charge in [0.15, 0.2) is 0 Å². The maximum absolute atomic E-state index is 7.41. The fourth-order valence-electron chi connectivity index (χ4n) is 3.12. The largest absolute Gasteiger partial charge is 0.388 e. The van der Waals surface area contributed by atoms with Gasteiger partial charge >= 0.3 is 0 Å². The average molecular weight is 253 g/mol. The van der Waals surface area contributed by atoms with E-state index in [1.807, 2.05) is 0 Å². The first-order valence-electron chi connectivity index (χ1n) is 7.59. The minimum absolute atomic E-state index is 0.326. The molecule has 3 heteroatoms. The first kappa shape index (κ1) is 15.5. The number of nitrogens with zero attached hydrogens (tertiary/aromatic N) is 1. The van der Waals surface area contributed by atoms with Crippen LogP contribution in [0.5, 0.6) is 0 Å². The summed E-state index contributed by atoms with van der Waals surface area (Å²) in [5, 5.41) is 7.41. The van der Waals surface area contributed by atoms with Gasteiger partial charge < -0.3 is 5.73 Å². The van der Waals surface area contributed by atoms with Crippen LogP contribution < -0.4 is 5.73 Å². The van der Waals surface area contributed by atoms with Crippen LogP contribution in [0.2, 0.25) is 0 Å². The van der Waals surface area contributed by atoms with Crippen LogP contribution in [0, 0.1) is 17.2 Å². The van der Waals surface area contributed by atoms with Gasteiger partial charge in [-0.25, -0.2) is 0 Å². The monoisotopic (exact) mass is 253 g/mol. The van der Waals surface area contributed by atoms with Crippen molar-refractivity contribution in [3.63, 3.8) is 0 Å². The number of amidine groups is 1. The molecule has 0 spiro atoms. The molecular formula is C15H31N3. The van der Waals surface area contributed by atoms with Crippen molar-refractivity contribution in [1.29, 1.82) is 5.41 Å². The lowest BCUT2D eigenvalue weighted by molar-refractivity contribution is 0.118. The summed E-state index contributed by atoms with van der Waals surface area (Å²) in [6, 6.07) is 0.727. The molecule has 0 aromatic rings. The molecule has 1 aliphatic carbocycles. The molecule has 0 saturated heterocycles. The summed E-state index contributed by atoms with van der Waals surface area (Å²) in [5.41, 5.74) is 5.51. The Balaban J connectivity index is 2.53. The number of nitrogens with two attached hydrogens (primary N) is 1. The van der Waals surface area contributed by atoms with Crippen LogP contribution in [0.4, 0.5) is 0 Å². The smallest absolute Gasteiger partial charge is 0.0918 e. The first-order valence-corrected chi connectivity index (χ1v) is 7.59. The van der Waals surface area contributed by atoms with Gasteiger partial charge in [-0.1, -0.05) is 40.0 Å². The highest BCUT2D eigenvalue weighted by atomic mass is 15.2. The molecule has 0 aromatic heterocycles. The maximum Gasteiger partial charge on any atom is 0.0918 e. The van der Waals surface area contributed by atoms with Crippen LogP contribution in [-0.2, 0) is 0 Å². The van der Waals surface area contributed by atoms with E-state index < -0.39 is 0 Å². The number of hydrogen-bond acceptors (Lipinski definition) is 2. The molecule has 0 amide bonds. The van der Waals surface area contributed by atoms with Crippen LogP contribution in [0.1, 0.15) is 59.3 Å². The molecule has 1 saturated carbocycles. The highest BCUT2D eigenvalue weighted by Gasteiger charge is 2.26. The number of rotatable bonds is 7. The van der Waals surface area contributed by atoms with Gasteiger partial charge in [-0.3, -0.25) is 10.3 Å². The van der Waals surface area contributed by atoms with E-state index in [-0.39, 0.29) is 0 Å². The van der Waals surface area contributed by atoms with Gasteiger partial charge in [0, 0.05) is 25.6 Å². The highest BCUT2D eigenvalue weighted by Crippen LogP contribution is 2.30. The van der Waals surface area contributed by atoms with Crippen LogP contribution in [-0.4, -0.2) is 29.9 Å². The van der Waals surface area contributed by atoms with Gasteiger partial charge in [0.1, 0.15) is 0 Å². The summed E-state index contributed by atoms with van der Waals surface area (Å²) >= 11 is 0. The van der Waals surface area contributed by atoms with Gasteiger partial charge in [-0.15, -0.1) is 0 Å². The van der Waals surface area contributed by atoms with Crippen molar-refractivity contribution in [2.24, 2.45) is 17.6 Å². The molecule has 1 fully saturated rings. The molecule has 0 bridgehead atoms. The van der Waals surface area contributed by atoms with E-state index >= 15 is 0 Å². The lowest BCUT2D eigenvalue weighted by Gasteiger charge is -2.38. The van der Waals surface area contributed by atoms with Crippen molar-refractivity contribution in [1.82, 2.24) is 4.90 Å². The number of nitrogens with one attached hydrogen (secondary N) is 1. The first-order chi connectivity index (χ1) is 8.52. The van der Waals surface area contributed by atoms with Crippen molar-refractivity contribution in [2.75, 3.05) is 13.1 Å². The normalized spacial score (nSPS) is 24.7. The van der Waals surface area contributed by atoms with Gasteiger partial charge in [0.05, 0.1) is 5.84 Å². The van der Waals surface area contributed by atoms with Gasteiger partial charge in [-0.2, -0.15) is 0 Å². The van der Waals surface area contributed by atoms with Crippen LogP contribution in [0.3, 0.4) is 0 Å². The standard InChI is InChI=1S/C15H31N3/c1-4-13-6-5-7-14(10-13)18(11-12(2)3)9-8-15(16)17/h12-14H,4-11H2,1-3H3,(H3,16,17). The summed E-state index contributed by atoms with van der Waals surface area (Å²) in [5.74, 6) is 1.93. The third-order valence-corrected chi connectivity index (χ3v) is 4.12. The van der Waals surface area contributed by atoms with Gasteiger partial charge in [0.25, 0.3) is 0 Å². The maximum atomic E-state index is 7.41. The average Bonchev–Trinajstić information content (AvgIpc) is 2.34. The van der Waals surface area contributed by atoms with Crippen LogP contribution in [0.25, 0.3) is 0 Å². The summed E-state index contributed by atoms with van der Waals surface area (Å²) in [6.45, 7) is 8.99. The SMILES string of the molecule is CCC1CCCC(N(CCC(=N)N)CC(C)C)C1. The second kappa shape index (κ2) is 7.78. The molecule has 0 heterocycles. The molecule has 1 aliphatic rings. The molecule has 2 atom stereocenters. The van der Waals surface area contributed by atoms with Crippen molar-refractivity contribution < 1.29 is 0 Å². The lowest BCUT2D eigenvalue weighted by atomic mass is 9.83. The molecule has 1 rings (SSSR count). The Morgan fingerprint density at radius 2 is 2.11 bits per heavy atom. The molecule has 0 aliphatic heterocycles. The Bertz CT molecular complexity index is 250. The zero-order chi connectivity index (χ0) is 13.5. The Kier molecular flexibility index (Phi) is 6.69. The van der Waals surface area contributed by atoms with Gasteiger partial charge in [-0.05, 0) is 24.7 Å². The quantitative estimate of drug-likeness (QED) is 0.540. The lowest BCUT2D eigenvalue weighted by Crippen LogP contribution is -2.42. The third kappa shape index (κ3) is 5.38. The molecule has 106 valence electrons. The zero-order valence-electron chi connectivity index (χ0n) is 12.4. The molecule has 3 nitrogen and oxygen atoms in total. The summed E-state index contributed by atoms with van der Waals surface area (Å²) < 4.78 is 0. The summed E-state index contributed by atoms with van der Waals surface area (Å²) in [7, 11) is 0. The van der Waals surface area contributed by atoms with E-state index in [1.54, 1.807) is 0 Å². The summed E-state index contributed by atoms with van der Waals surface area (Å²) in [6.07, 6.45) is 7.51. The predicted octanol–water partition coefficient (Wildman–Crippen LogP) is 3.24. The Morgan fingerprint density at radius 1 is 1.39 bits per heavy atom. The summed E-state index contributed by atoms with van der Waals surface area (Å²) in [4.78, 5) is 2.59. The van der Waals surface area contributed by atoms with Crippen LogP contribution >= 0.6 is 0 Å². The van der Waals surface area contributed by atoms with E-state index in [0.717, 1.165) is 31.5 Å². The van der Waals surface area contributed by atoms with E-state index in [1.165, 1.54) is 32.1 Å². The topological polar surface area (TPSA) is 53.1 Å². The van der Waals surface area contributed by atoms with E-state index in [4.69, 9.17) is 11.1 Å². The number of hydrogen-bond donors (Lipinski definition) is 2. The molecule has 3 N–H and O–H groups in total. The van der Waals surface area contributed by atoms with Crippen LogP contribution in [0.15, 0.2) is 0 Å². The second-order valence-corrected chi connectivity index (χ2v) is 6.26. The van der Waals surface area contributed by atoms with Crippen molar-refractivity contribution in [2.45, 2.75) is 65.3 Å². The predicted molar refractivity (Wildman–Crippen MR) is 79.0 cm³/mol. The molecule has 18 heavy (non-hydrogen) atoms. The van der Waals surface area contributed by atoms with E-state index in [9.17, 15) is 0 Å². The highest BCUT2D eigenvalue weighted by molar-refractivity contribution is 5.76. The Morgan fingerprint density at radius 3 is 2.67 bits per heavy atom. The molecule has 0 aromatic carbocycles. The fourth-order valence-corrected chi connectivity index (χ4v) is 3.12. The second-order valence-electron chi connectivity index (χ2n) is 6.26. The van der Waals surface area contributed by atoms with E-state index in [0.29, 0.717) is 11.8 Å². The van der Waals surface area contributed by atoms with Crippen molar-refractivity contribution in [3.8, 4) is 0 Å². The Labute approximate surface area is 113 Å². The van der Waals surface area contributed by atoms with E-state index in [2.05, 4.69) is 25.7 Å². The third-order valence-electron chi connectivity index (χ3n) is 4.12. The van der Waals surface area contributed by atoms with Crippen molar-refractivity contribution in [3.05, 3.63) is 0 Å². The Hall–Kier alpha value is -0.570. The molecular weight excluding hydrogens is 222 g/mol. The zero-order valence-corrected chi connectivity index (χ0v) is 12.4. The molecule has 2 unspecified atom stereocenters.